The molecule has 3 aromatic rings. The average molecular weight is 361 g/mol. The van der Waals surface area contributed by atoms with Crippen molar-refractivity contribution in [2.75, 3.05) is 25.1 Å². The molecular formula is C22H23N3O2. The normalized spacial score (nSPS) is 14.7. The molecule has 0 saturated carbocycles. The van der Waals surface area contributed by atoms with Gasteiger partial charge >= 0.3 is 0 Å². The van der Waals surface area contributed by atoms with Crippen LogP contribution in [-0.4, -0.2) is 24.8 Å². The van der Waals surface area contributed by atoms with Gasteiger partial charge in [-0.2, -0.15) is 0 Å². The second kappa shape index (κ2) is 7.68. The molecular weight excluding hydrogens is 338 g/mol. The Labute approximate surface area is 158 Å². The van der Waals surface area contributed by atoms with Gasteiger partial charge in [0.25, 0.3) is 5.56 Å². The van der Waals surface area contributed by atoms with Gasteiger partial charge in [0.1, 0.15) is 0 Å². The molecule has 1 aliphatic heterocycles. The first-order chi connectivity index (χ1) is 13.3. The number of anilines is 1. The van der Waals surface area contributed by atoms with Crippen LogP contribution < -0.4 is 15.9 Å². The molecule has 1 saturated heterocycles. The number of hydrogen-bond donors (Lipinski definition) is 1. The predicted molar refractivity (Wildman–Crippen MR) is 110 cm³/mol. The quantitative estimate of drug-likeness (QED) is 0.704. The highest BCUT2D eigenvalue weighted by molar-refractivity contribution is 5.84. The van der Waals surface area contributed by atoms with Crippen LogP contribution in [0.3, 0.4) is 0 Å². The molecule has 0 radical (unpaired) electrons. The number of nitrogens with one attached hydrogen (secondary N) is 1. The number of fused-ring (bicyclic) bond motifs is 1. The van der Waals surface area contributed by atoms with E-state index < -0.39 is 0 Å². The van der Waals surface area contributed by atoms with Crippen LogP contribution in [0, 0.1) is 0 Å². The smallest absolute Gasteiger partial charge is 0.255 e. The highest BCUT2D eigenvalue weighted by Crippen LogP contribution is 2.23. The summed E-state index contributed by atoms with van der Waals surface area (Å²) in [6.45, 7) is 2.23. The van der Waals surface area contributed by atoms with Crippen LogP contribution in [0.1, 0.15) is 18.4 Å². The average Bonchev–Trinajstić information content (AvgIpc) is 3.24. The topological polar surface area (TPSA) is 46.5 Å². The molecule has 5 nitrogen and oxygen atoms in total. The van der Waals surface area contributed by atoms with Crippen molar-refractivity contribution in [3.8, 4) is 0 Å². The van der Waals surface area contributed by atoms with Crippen molar-refractivity contribution in [2.45, 2.75) is 12.8 Å². The van der Waals surface area contributed by atoms with E-state index in [9.17, 15) is 4.79 Å². The zero-order chi connectivity index (χ0) is 18.6. The fourth-order valence-electron chi connectivity index (χ4n) is 3.57. The molecule has 0 atom stereocenters. The third-order valence-corrected chi connectivity index (χ3v) is 4.96. The number of hydrogen-bond acceptors (Lipinski definition) is 4. The largest absolute Gasteiger partial charge is 0.372 e. The van der Waals surface area contributed by atoms with Gasteiger partial charge in [0.15, 0.2) is 0 Å². The zero-order valence-corrected chi connectivity index (χ0v) is 15.4. The fraction of sp³-hybridized carbons (Fsp3) is 0.227. The van der Waals surface area contributed by atoms with Crippen molar-refractivity contribution in [1.29, 1.82) is 0 Å². The summed E-state index contributed by atoms with van der Waals surface area (Å²) in [5.74, 6) is 0. The molecule has 1 fully saturated rings. The number of aromatic nitrogens is 1. The highest BCUT2D eigenvalue weighted by atomic mass is 16.6. The van der Waals surface area contributed by atoms with Gasteiger partial charge in [-0.1, -0.05) is 30.3 Å². The Morgan fingerprint density at radius 2 is 1.74 bits per heavy atom. The fourth-order valence-corrected chi connectivity index (χ4v) is 3.57. The van der Waals surface area contributed by atoms with Crippen molar-refractivity contribution in [1.82, 2.24) is 10.0 Å². The maximum atomic E-state index is 12.5. The van der Waals surface area contributed by atoms with Gasteiger partial charge < -0.3 is 4.90 Å². The molecule has 1 aromatic heterocycles. The maximum Gasteiger partial charge on any atom is 0.255 e. The number of benzene rings is 2. The summed E-state index contributed by atoms with van der Waals surface area (Å²) in [6, 6.07) is 19.6. The molecule has 0 unspecified atom stereocenters. The van der Waals surface area contributed by atoms with E-state index in [1.54, 1.807) is 23.9 Å². The standard InChI is InChI=1S/C22H23N3O2/c1-27-23-20(17-8-11-19(12-9-17)24-14-4-5-15-24)16-25-21-7-3-2-6-18(21)10-13-22(25)26/h2-3,6-13,16,23H,4-5,14-15H2,1H3. The van der Waals surface area contributed by atoms with E-state index in [0.29, 0.717) is 0 Å². The second-order valence-electron chi connectivity index (χ2n) is 6.69. The van der Waals surface area contributed by atoms with Gasteiger partial charge in [0.2, 0.25) is 0 Å². The molecule has 138 valence electrons. The molecule has 2 heterocycles. The Bertz CT molecular complexity index is 1020. The van der Waals surface area contributed by atoms with Gasteiger partial charge in [-0.15, -0.1) is 0 Å². The van der Waals surface area contributed by atoms with Crippen molar-refractivity contribution < 1.29 is 4.84 Å². The summed E-state index contributed by atoms with van der Waals surface area (Å²) in [5, 5.41) is 1.01. The lowest BCUT2D eigenvalue weighted by molar-refractivity contribution is 0.137. The van der Waals surface area contributed by atoms with Gasteiger partial charge in [-0.3, -0.25) is 19.7 Å². The van der Waals surface area contributed by atoms with Crippen molar-refractivity contribution in [3.05, 3.63) is 76.6 Å². The number of pyridine rings is 1. The predicted octanol–water partition coefficient (Wildman–Crippen LogP) is 3.71. The lowest BCUT2D eigenvalue weighted by Crippen LogP contribution is -2.19. The molecule has 4 rings (SSSR count). The van der Waals surface area contributed by atoms with Crippen LogP contribution in [0.25, 0.3) is 22.8 Å². The third-order valence-electron chi connectivity index (χ3n) is 4.96. The van der Waals surface area contributed by atoms with Crippen molar-refractivity contribution in [3.63, 3.8) is 0 Å². The molecule has 27 heavy (non-hydrogen) atoms. The van der Waals surface area contributed by atoms with Crippen LogP contribution in [-0.2, 0) is 4.84 Å². The second-order valence-corrected chi connectivity index (χ2v) is 6.69. The first-order valence-corrected chi connectivity index (χ1v) is 9.23. The van der Waals surface area contributed by atoms with Crippen LogP contribution in [0.5, 0.6) is 0 Å². The van der Waals surface area contributed by atoms with E-state index in [4.69, 9.17) is 4.84 Å². The molecule has 2 aromatic carbocycles. The lowest BCUT2D eigenvalue weighted by atomic mass is 10.1. The summed E-state index contributed by atoms with van der Waals surface area (Å²) in [5.41, 5.74) is 6.60. The van der Waals surface area contributed by atoms with Crippen LogP contribution in [0.2, 0.25) is 0 Å². The monoisotopic (exact) mass is 361 g/mol. The van der Waals surface area contributed by atoms with E-state index in [0.717, 1.165) is 35.3 Å². The summed E-state index contributed by atoms with van der Waals surface area (Å²) >= 11 is 0. The number of rotatable bonds is 5. The van der Waals surface area contributed by atoms with Gasteiger partial charge in [-0.25, -0.2) is 0 Å². The van der Waals surface area contributed by atoms with Crippen molar-refractivity contribution >= 4 is 28.5 Å². The van der Waals surface area contributed by atoms with Gasteiger partial charge in [0, 0.05) is 36.6 Å². The Balaban J connectivity index is 1.75. The molecule has 1 N–H and O–H groups in total. The van der Waals surface area contributed by atoms with E-state index in [1.807, 2.05) is 30.3 Å². The number of para-hydroxylation sites is 1. The van der Waals surface area contributed by atoms with Crippen molar-refractivity contribution in [2.24, 2.45) is 0 Å². The molecule has 0 amide bonds. The molecule has 5 heteroatoms. The lowest BCUT2D eigenvalue weighted by Gasteiger charge is -2.18. The first-order valence-electron chi connectivity index (χ1n) is 9.23. The summed E-state index contributed by atoms with van der Waals surface area (Å²) in [6.07, 6.45) is 4.29. The number of hydroxylamine groups is 1. The molecule has 0 spiro atoms. The van der Waals surface area contributed by atoms with E-state index >= 15 is 0 Å². The molecule has 0 bridgehead atoms. The third kappa shape index (κ3) is 3.59. The van der Waals surface area contributed by atoms with E-state index in [-0.39, 0.29) is 5.56 Å². The minimum Gasteiger partial charge on any atom is -0.372 e. The Kier molecular flexibility index (Phi) is 4.94. The molecule has 0 aliphatic carbocycles. The summed E-state index contributed by atoms with van der Waals surface area (Å²) in [7, 11) is 1.57. The summed E-state index contributed by atoms with van der Waals surface area (Å²) in [4.78, 5) is 20.0. The molecule has 1 aliphatic rings. The minimum atomic E-state index is -0.0854. The van der Waals surface area contributed by atoms with E-state index in [2.05, 4.69) is 34.6 Å². The number of nitrogens with zero attached hydrogens (tertiary/aromatic N) is 2. The zero-order valence-electron chi connectivity index (χ0n) is 15.4. The minimum absolute atomic E-state index is 0.0854. The van der Waals surface area contributed by atoms with Gasteiger partial charge in [0.05, 0.1) is 18.3 Å². The first kappa shape index (κ1) is 17.4. The Hall–Kier alpha value is -3.05. The highest BCUT2D eigenvalue weighted by Gasteiger charge is 2.12. The van der Waals surface area contributed by atoms with Gasteiger partial charge in [-0.05, 0) is 42.5 Å². The Morgan fingerprint density at radius 1 is 1.00 bits per heavy atom. The van der Waals surface area contributed by atoms with Crippen LogP contribution >= 0.6 is 0 Å². The summed E-state index contributed by atoms with van der Waals surface area (Å²) < 4.78 is 1.64. The van der Waals surface area contributed by atoms with Crippen LogP contribution in [0.15, 0.2) is 65.5 Å². The van der Waals surface area contributed by atoms with E-state index in [1.165, 1.54) is 18.5 Å². The Morgan fingerprint density at radius 3 is 2.48 bits per heavy atom. The van der Waals surface area contributed by atoms with Crippen LogP contribution in [0.4, 0.5) is 5.69 Å². The SMILES string of the molecule is CONC(=Cn1c(=O)ccc2ccccc21)c1ccc(N2CCCC2)cc1. The maximum absolute atomic E-state index is 12.5.